The van der Waals surface area contributed by atoms with Gasteiger partial charge in [-0.15, -0.1) is 0 Å². The van der Waals surface area contributed by atoms with Gasteiger partial charge in [0.15, 0.2) is 5.65 Å². The molecule has 0 radical (unpaired) electrons. The van der Waals surface area contributed by atoms with E-state index in [9.17, 15) is 18.0 Å². The fraction of sp³-hybridized carbons (Fsp3) is 0.333. The number of nitrogens with zero attached hydrogens (tertiary/aromatic N) is 5. The second kappa shape index (κ2) is 13.7. The minimum atomic E-state index is -4.55. The molecule has 1 amide bonds. The summed E-state index contributed by atoms with van der Waals surface area (Å²) in [5.41, 5.74) is 7.90. The van der Waals surface area contributed by atoms with E-state index in [1.807, 2.05) is 52.8 Å². The molecule has 2 aliphatic rings. The molecule has 12 heteroatoms. The molecule has 0 saturated carbocycles. The van der Waals surface area contributed by atoms with Crippen molar-refractivity contribution in [3.05, 3.63) is 106 Å². The van der Waals surface area contributed by atoms with E-state index < -0.39 is 17.6 Å². The molecular weight excluding hydrogens is 617 g/mol. The third-order valence-corrected chi connectivity index (χ3v) is 8.62. The number of aromatic nitrogens is 2. The van der Waals surface area contributed by atoms with Crippen molar-refractivity contribution in [3.8, 4) is 11.8 Å². The topological polar surface area (TPSA) is 80.2 Å². The number of imidazole rings is 1. The van der Waals surface area contributed by atoms with E-state index >= 15 is 0 Å². The molecule has 0 atom stereocenters. The first kappa shape index (κ1) is 33.1. The van der Waals surface area contributed by atoms with Crippen molar-refractivity contribution in [2.45, 2.75) is 39.5 Å². The number of hydrazine groups is 1. The van der Waals surface area contributed by atoms with E-state index in [0.717, 1.165) is 41.8 Å². The number of nitrogens with one attached hydrogen (secondary N) is 3. The lowest BCUT2D eigenvalue weighted by atomic mass is 10.0. The number of pyridine rings is 1. The lowest BCUT2D eigenvalue weighted by Crippen LogP contribution is -2.44. The smallest absolute Gasteiger partial charge is 0.354 e. The molecule has 0 bridgehead atoms. The summed E-state index contributed by atoms with van der Waals surface area (Å²) in [7, 11) is 2.00. The van der Waals surface area contributed by atoms with Gasteiger partial charge in [-0.1, -0.05) is 18.1 Å². The molecule has 4 heterocycles. The van der Waals surface area contributed by atoms with E-state index in [4.69, 9.17) is 0 Å². The number of hydrogen-bond acceptors (Lipinski definition) is 7. The number of aryl methyl sites for hydroxylation is 1. The molecule has 4 aromatic rings. The second-order valence-corrected chi connectivity index (χ2v) is 12.6. The van der Waals surface area contributed by atoms with Crippen molar-refractivity contribution in [1.82, 2.24) is 29.6 Å². The molecule has 48 heavy (non-hydrogen) atoms. The maximum atomic E-state index is 14.1. The number of alkyl halides is 3. The first-order chi connectivity index (χ1) is 22.9. The fourth-order valence-corrected chi connectivity index (χ4v) is 5.75. The van der Waals surface area contributed by atoms with E-state index in [1.165, 1.54) is 12.1 Å². The molecule has 0 aliphatic carbocycles. The monoisotopic (exact) mass is 656 g/mol. The molecule has 2 aromatic heterocycles. The van der Waals surface area contributed by atoms with Crippen LogP contribution in [0.25, 0.3) is 5.65 Å². The zero-order valence-corrected chi connectivity index (χ0v) is 27.4. The van der Waals surface area contributed by atoms with Crippen LogP contribution in [0.3, 0.4) is 0 Å². The van der Waals surface area contributed by atoms with Crippen molar-refractivity contribution < 1.29 is 18.0 Å². The van der Waals surface area contributed by atoms with Crippen LogP contribution in [-0.4, -0.2) is 75.9 Å². The second-order valence-electron chi connectivity index (χ2n) is 12.6. The highest BCUT2D eigenvalue weighted by Gasteiger charge is 2.34. The molecule has 1 saturated heterocycles. The Bertz CT molecular complexity index is 1910. The summed E-state index contributed by atoms with van der Waals surface area (Å²) >= 11 is 0. The molecule has 2 aromatic carbocycles. The third-order valence-electron chi connectivity index (χ3n) is 8.62. The standard InChI is InChI=1S/C36H39F3N8O/c1-24(2)47-23-30(20-41-47)42-33-6-5-13-46-31(21-40-34(33)46)12-10-26-18-27(8-7-25(26)3)35(48)43-29-11-9-28(32(19-29)36(37,38)39)22-45-16-14-44(4)15-17-45/h5-9,11,13,18-19,21,23-24,41-42H,14-17,20,22H2,1-4H3,(H,43,48). The Labute approximate surface area is 278 Å². The van der Waals surface area contributed by atoms with Gasteiger partial charge >= 0.3 is 6.18 Å². The van der Waals surface area contributed by atoms with Crippen LogP contribution in [0.4, 0.5) is 24.5 Å². The molecule has 3 N–H and O–H groups in total. The highest BCUT2D eigenvalue weighted by atomic mass is 19.4. The summed E-state index contributed by atoms with van der Waals surface area (Å²) < 4.78 is 44.1. The minimum Gasteiger partial charge on any atom is -0.354 e. The number of anilines is 2. The SMILES string of the molecule is Cc1ccc(C(=O)Nc2ccc(CN3CCN(C)CC3)c(C(F)(F)F)c2)cc1C#Cc1cnc2c(NC3=CN(C(C)C)NC3)cccn12. The number of hydrogen-bond donors (Lipinski definition) is 3. The Balaban J connectivity index is 1.18. The summed E-state index contributed by atoms with van der Waals surface area (Å²) in [4.78, 5) is 22.0. The number of likely N-dealkylation sites (N-methyl/N-ethyl adjacent to an activating group) is 1. The van der Waals surface area contributed by atoms with Gasteiger partial charge in [-0.2, -0.15) is 13.2 Å². The van der Waals surface area contributed by atoms with E-state index in [1.54, 1.807) is 24.4 Å². The number of halogens is 3. The lowest BCUT2D eigenvalue weighted by molar-refractivity contribution is -0.138. The van der Waals surface area contributed by atoms with Crippen molar-refractivity contribution in [3.63, 3.8) is 0 Å². The van der Waals surface area contributed by atoms with Crippen LogP contribution in [0.5, 0.6) is 0 Å². The van der Waals surface area contributed by atoms with Crippen LogP contribution in [0.15, 0.2) is 72.8 Å². The molecule has 1 fully saturated rings. The van der Waals surface area contributed by atoms with E-state index in [0.29, 0.717) is 42.5 Å². The molecule has 0 unspecified atom stereocenters. The van der Waals surface area contributed by atoms with Crippen LogP contribution >= 0.6 is 0 Å². The zero-order valence-electron chi connectivity index (χ0n) is 27.4. The van der Waals surface area contributed by atoms with Crippen LogP contribution < -0.4 is 16.1 Å². The number of fused-ring (bicyclic) bond motifs is 1. The minimum absolute atomic E-state index is 0.0823. The van der Waals surface area contributed by atoms with Gasteiger partial charge in [-0.25, -0.2) is 10.4 Å². The Hall–Kier alpha value is -4.83. The molecule has 2 aliphatic heterocycles. The maximum Gasteiger partial charge on any atom is 0.416 e. The molecule has 0 spiro atoms. The Morgan fingerprint density at radius 2 is 1.85 bits per heavy atom. The van der Waals surface area contributed by atoms with Gasteiger partial charge in [0.2, 0.25) is 0 Å². The van der Waals surface area contributed by atoms with Crippen molar-refractivity contribution in [2.75, 3.05) is 50.4 Å². The largest absolute Gasteiger partial charge is 0.416 e. The van der Waals surface area contributed by atoms with Gasteiger partial charge < -0.3 is 20.5 Å². The van der Waals surface area contributed by atoms with Gasteiger partial charge in [0.25, 0.3) is 5.91 Å². The first-order valence-corrected chi connectivity index (χ1v) is 16.0. The number of rotatable bonds is 7. The first-order valence-electron chi connectivity index (χ1n) is 16.0. The average Bonchev–Trinajstić information content (AvgIpc) is 3.70. The molecular formula is C36H39F3N8O. The van der Waals surface area contributed by atoms with Gasteiger partial charge in [0.05, 0.1) is 24.0 Å². The summed E-state index contributed by atoms with van der Waals surface area (Å²) in [6.45, 7) is 10.0. The quantitative estimate of drug-likeness (QED) is 0.226. The number of carbonyl (C=O) groups is 1. The number of piperazine rings is 1. The van der Waals surface area contributed by atoms with Gasteiger partial charge in [-0.05, 0) is 81.3 Å². The summed E-state index contributed by atoms with van der Waals surface area (Å²) in [5.74, 6) is 5.82. The molecule has 250 valence electrons. The third kappa shape index (κ3) is 7.49. The average molecular weight is 657 g/mol. The van der Waals surface area contributed by atoms with Crippen LogP contribution in [0.1, 0.15) is 52.2 Å². The number of amides is 1. The highest BCUT2D eigenvalue weighted by Crippen LogP contribution is 2.35. The predicted octanol–water partition coefficient (Wildman–Crippen LogP) is 5.54. The van der Waals surface area contributed by atoms with Crippen LogP contribution in [0.2, 0.25) is 0 Å². The van der Waals surface area contributed by atoms with Crippen molar-refractivity contribution in [2.24, 2.45) is 0 Å². The summed E-state index contributed by atoms with van der Waals surface area (Å²) in [5, 5.41) is 8.16. The normalized spacial score (nSPS) is 15.8. The molecule has 9 nitrogen and oxygen atoms in total. The van der Waals surface area contributed by atoms with Gasteiger partial charge in [-0.3, -0.25) is 14.1 Å². The Kier molecular flexibility index (Phi) is 9.46. The number of benzene rings is 2. The Morgan fingerprint density at radius 1 is 1.06 bits per heavy atom. The lowest BCUT2D eigenvalue weighted by Gasteiger charge is -2.33. The van der Waals surface area contributed by atoms with Crippen molar-refractivity contribution >= 4 is 22.9 Å². The van der Waals surface area contributed by atoms with Crippen LogP contribution in [0, 0.1) is 18.8 Å². The molecule has 6 rings (SSSR count). The van der Waals surface area contributed by atoms with E-state index in [2.05, 4.69) is 51.6 Å². The van der Waals surface area contributed by atoms with Gasteiger partial charge in [0, 0.05) is 73.7 Å². The summed E-state index contributed by atoms with van der Waals surface area (Å²) in [6, 6.07) is 13.3. The maximum absolute atomic E-state index is 14.1. The Morgan fingerprint density at radius 3 is 2.58 bits per heavy atom. The summed E-state index contributed by atoms with van der Waals surface area (Å²) in [6.07, 6.45) is 1.09. The zero-order chi connectivity index (χ0) is 34.0. The van der Waals surface area contributed by atoms with Gasteiger partial charge in [0.1, 0.15) is 5.69 Å². The predicted molar refractivity (Wildman–Crippen MR) is 181 cm³/mol. The van der Waals surface area contributed by atoms with E-state index in [-0.39, 0.29) is 17.8 Å². The highest BCUT2D eigenvalue weighted by molar-refractivity contribution is 6.04. The fourth-order valence-electron chi connectivity index (χ4n) is 5.75. The number of carbonyl (C=O) groups excluding carboxylic acids is 1. The van der Waals surface area contributed by atoms with Crippen LogP contribution in [-0.2, 0) is 12.7 Å². The van der Waals surface area contributed by atoms with Crippen molar-refractivity contribution in [1.29, 1.82) is 0 Å².